The molecule has 1 aromatic rings. The van der Waals surface area contributed by atoms with Crippen LogP contribution in [0.3, 0.4) is 0 Å². The van der Waals surface area contributed by atoms with Crippen LogP contribution in [0.5, 0.6) is 0 Å². The average Bonchev–Trinajstić information content (AvgIpc) is 2.62. The number of aliphatic hydroxyl groups excluding tert-OH is 1. The largest absolute Gasteiger partial charge is 0.391 e. The number of aliphatic hydroxyl groups is 1. The second kappa shape index (κ2) is 7.43. The zero-order valence-electron chi connectivity index (χ0n) is 16.5. The van der Waals surface area contributed by atoms with Gasteiger partial charge in [0.25, 0.3) is 0 Å². The van der Waals surface area contributed by atoms with Crippen molar-refractivity contribution >= 4 is 15.9 Å². The lowest BCUT2D eigenvalue weighted by Crippen LogP contribution is -2.60. The van der Waals surface area contributed by atoms with Crippen molar-refractivity contribution in [1.82, 2.24) is 10.0 Å². The van der Waals surface area contributed by atoms with Crippen LogP contribution in [-0.2, 0) is 14.8 Å². The molecule has 2 unspecified atom stereocenters. The van der Waals surface area contributed by atoms with E-state index in [4.69, 9.17) is 0 Å². The van der Waals surface area contributed by atoms with Gasteiger partial charge in [-0.2, -0.15) is 4.72 Å². The average molecular weight is 407 g/mol. The third-order valence-electron chi connectivity index (χ3n) is 6.91. The smallest absolute Gasteiger partial charge is 0.241 e. The molecule has 1 amide bonds. The standard InChI is InChI=1S/C21H30N2O4S/c1-12-3-5-18(6-4-12)28(26,27)23-19(13(2)24)21(25)22-20-16-8-14-7-15(10-16)11-17(20)9-14/h3-6,13-17,19-20,23-24H,7-11H2,1-2H3,(H,22,25). The minimum atomic E-state index is -3.90. The summed E-state index contributed by atoms with van der Waals surface area (Å²) in [5.74, 6) is 2.14. The maximum atomic E-state index is 12.9. The Labute approximate surface area is 167 Å². The molecule has 0 aliphatic heterocycles. The fourth-order valence-corrected chi connectivity index (χ4v) is 7.01. The van der Waals surface area contributed by atoms with Gasteiger partial charge in [0.05, 0.1) is 11.0 Å². The number of carbonyl (C=O) groups is 1. The number of sulfonamides is 1. The molecule has 0 heterocycles. The summed E-state index contributed by atoms with van der Waals surface area (Å²) in [5, 5.41) is 13.2. The highest BCUT2D eigenvalue weighted by molar-refractivity contribution is 7.89. The Morgan fingerprint density at radius 2 is 1.57 bits per heavy atom. The van der Waals surface area contributed by atoms with Gasteiger partial charge in [0.2, 0.25) is 15.9 Å². The SMILES string of the molecule is Cc1ccc(S(=O)(=O)NC(C(=O)NC2C3CC4CC(C3)CC2C4)C(C)O)cc1. The van der Waals surface area contributed by atoms with E-state index in [-0.39, 0.29) is 10.9 Å². The van der Waals surface area contributed by atoms with E-state index >= 15 is 0 Å². The number of hydrogen-bond donors (Lipinski definition) is 3. The summed E-state index contributed by atoms with van der Waals surface area (Å²) < 4.78 is 27.8. The van der Waals surface area contributed by atoms with E-state index in [2.05, 4.69) is 10.0 Å². The minimum Gasteiger partial charge on any atom is -0.391 e. The van der Waals surface area contributed by atoms with Crippen molar-refractivity contribution in [2.75, 3.05) is 0 Å². The van der Waals surface area contributed by atoms with Gasteiger partial charge in [-0.15, -0.1) is 0 Å². The van der Waals surface area contributed by atoms with Gasteiger partial charge in [-0.05, 0) is 81.8 Å². The Kier molecular flexibility index (Phi) is 5.27. The number of rotatable bonds is 6. The molecular weight excluding hydrogens is 376 g/mol. The molecule has 0 spiro atoms. The Morgan fingerprint density at radius 1 is 1.04 bits per heavy atom. The maximum Gasteiger partial charge on any atom is 0.241 e. The van der Waals surface area contributed by atoms with Crippen LogP contribution in [0.1, 0.15) is 44.6 Å². The molecule has 4 aliphatic carbocycles. The summed E-state index contributed by atoms with van der Waals surface area (Å²) in [5.41, 5.74) is 0.950. The lowest BCUT2D eigenvalue weighted by molar-refractivity contribution is -0.128. The van der Waals surface area contributed by atoms with E-state index in [9.17, 15) is 18.3 Å². The maximum absolute atomic E-state index is 12.9. The number of amides is 1. The molecule has 4 aliphatic rings. The zero-order chi connectivity index (χ0) is 20.1. The second-order valence-electron chi connectivity index (χ2n) is 9.12. The van der Waals surface area contributed by atoms with Crippen LogP contribution in [0, 0.1) is 30.6 Å². The summed E-state index contributed by atoms with van der Waals surface area (Å²) in [4.78, 5) is 13.0. The molecule has 28 heavy (non-hydrogen) atoms. The van der Waals surface area contributed by atoms with Gasteiger partial charge < -0.3 is 10.4 Å². The first-order valence-electron chi connectivity index (χ1n) is 10.3. The third kappa shape index (κ3) is 3.84. The lowest BCUT2D eigenvalue weighted by Gasteiger charge is -2.54. The predicted octanol–water partition coefficient (Wildman–Crippen LogP) is 1.96. The molecule has 0 aromatic heterocycles. The normalized spacial score (nSPS) is 33.5. The van der Waals surface area contributed by atoms with E-state index in [0.717, 1.165) is 43.1 Å². The van der Waals surface area contributed by atoms with Crippen LogP contribution in [0.25, 0.3) is 0 Å². The first-order valence-corrected chi connectivity index (χ1v) is 11.8. The van der Waals surface area contributed by atoms with Crippen LogP contribution in [0.2, 0.25) is 0 Å². The predicted molar refractivity (Wildman–Crippen MR) is 106 cm³/mol. The van der Waals surface area contributed by atoms with E-state index in [1.54, 1.807) is 12.1 Å². The van der Waals surface area contributed by atoms with E-state index in [0.29, 0.717) is 11.8 Å². The van der Waals surface area contributed by atoms with Crippen LogP contribution in [0.4, 0.5) is 0 Å². The van der Waals surface area contributed by atoms with Gasteiger partial charge >= 0.3 is 0 Å². The second-order valence-corrected chi connectivity index (χ2v) is 10.8. The summed E-state index contributed by atoms with van der Waals surface area (Å²) in [6, 6.07) is 5.33. The van der Waals surface area contributed by atoms with Crippen molar-refractivity contribution in [1.29, 1.82) is 0 Å². The Morgan fingerprint density at radius 3 is 2.07 bits per heavy atom. The fraction of sp³-hybridized carbons (Fsp3) is 0.667. The van der Waals surface area contributed by atoms with Crippen LogP contribution in [0.15, 0.2) is 29.2 Å². The van der Waals surface area contributed by atoms with Crippen molar-refractivity contribution in [3.05, 3.63) is 29.8 Å². The molecule has 0 saturated heterocycles. The highest BCUT2D eigenvalue weighted by atomic mass is 32.2. The number of hydrogen-bond acceptors (Lipinski definition) is 4. The highest BCUT2D eigenvalue weighted by Crippen LogP contribution is 2.53. The van der Waals surface area contributed by atoms with Crippen molar-refractivity contribution in [3.8, 4) is 0 Å². The monoisotopic (exact) mass is 406 g/mol. The molecule has 6 nitrogen and oxygen atoms in total. The van der Waals surface area contributed by atoms with E-state index in [1.807, 2.05) is 6.92 Å². The van der Waals surface area contributed by atoms with Crippen molar-refractivity contribution < 1.29 is 18.3 Å². The van der Waals surface area contributed by atoms with Crippen molar-refractivity contribution in [2.24, 2.45) is 23.7 Å². The minimum absolute atomic E-state index is 0.0890. The number of nitrogens with one attached hydrogen (secondary N) is 2. The molecule has 3 N–H and O–H groups in total. The van der Waals surface area contributed by atoms with Gasteiger partial charge in [0.15, 0.2) is 0 Å². The molecule has 7 heteroatoms. The van der Waals surface area contributed by atoms with Crippen molar-refractivity contribution in [2.45, 2.75) is 69.0 Å². The van der Waals surface area contributed by atoms with Crippen LogP contribution in [-0.4, -0.2) is 37.6 Å². The van der Waals surface area contributed by atoms with Gasteiger partial charge in [-0.25, -0.2) is 8.42 Å². The highest BCUT2D eigenvalue weighted by Gasteiger charge is 2.49. The summed E-state index contributed by atoms with van der Waals surface area (Å²) in [7, 11) is -3.90. The van der Waals surface area contributed by atoms with Crippen LogP contribution < -0.4 is 10.0 Å². The Balaban J connectivity index is 1.47. The van der Waals surface area contributed by atoms with Gasteiger partial charge in [0.1, 0.15) is 6.04 Å². The first kappa shape index (κ1) is 19.9. The first-order chi connectivity index (χ1) is 13.2. The number of benzene rings is 1. The van der Waals surface area contributed by atoms with E-state index in [1.165, 1.54) is 25.5 Å². The molecular formula is C21H30N2O4S. The number of aryl methyl sites for hydroxylation is 1. The Hall–Kier alpha value is -1.44. The molecule has 4 saturated carbocycles. The molecule has 1 aromatic carbocycles. The summed E-state index contributed by atoms with van der Waals surface area (Å²) in [6.45, 7) is 3.32. The number of carbonyl (C=O) groups excluding carboxylic acids is 1. The van der Waals surface area contributed by atoms with Crippen molar-refractivity contribution in [3.63, 3.8) is 0 Å². The lowest BCUT2D eigenvalue weighted by atomic mass is 9.54. The van der Waals surface area contributed by atoms with Gasteiger partial charge in [-0.1, -0.05) is 17.7 Å². The zero-order valence-corrected chi connectivity index (χ0v) is 17.3. The fourth-order valence-electron chi connectivity index (χ4n) is 5.74. The topological polar surface area (TPSA) is 95.5 Å². The molecule has 4 bridgehead atoms. The molecule has 2 atom stereocenters. The molecule has 0 radical (unpaired) electrons. The quantitative estimate of drug-likeness (QED) is 0.673. The van der Waals surface area contributed by atoms with Gasteiger partial charge in [-0.3, -0.25) is 4.79 Å². The third-order valence-corrected chi connectivity index (χ3v) is 8.37. The summed E-state index contributed by atoms with van der Waals surface area (Å²) in [6.07, 6.45) is 4.84. The molecule has 4 fully saturated rings. The molecule has 154 valence electrons. The molecule has 5 rings (SSSR count). The van der Waals surface area contributed by atoms with Crippen LogP contribution >= 0.6 is 0 Å². The Bertz CT molecular complexity index is 806. The van der Waals surface area contributed by atoms with Gasteiger partial charge in [0, 0.05) is 6.04 Å². The van der Waals surface area contributed by atoms with E-state index < -0.39 is 28.1 Å². The summed E-state index contributed by atoms with van der Waals surface area (Å²) >= 11 is 0.